The fourth-order valence-electron chi connectivity index (χ4n) is 5.93. The Morgan fingerprint density at radius 2 is 1.09 bits per heavy atom. The number of nitrogens with one attached hydrogen (secondary N) is 1. The molecule has 0 aromatic carbocycles. The Hall–Kier alpha value is -2.10. The molecule has 1 amide bonds. The lowest BCUT2D eigenvalue weighted by Crippen LogP contribution is -2.51. The topological polar surface area (TPSA) is 125 Å². The van der Waals surface area contributed by atoms with Crippen molar-refractivity contribution in [3.63, 3.8) is 0 Å². The molecule has 4 unspecified atom stereocenters. The number of phosphoric acid groups is 1. The molecule has 0 bridgehead atoms. The van der Waals surface area contributed by atoms with Crippen LogP contribution in [0.5, 0.6) is 0 Å². The molecular weight excluding hydrogens is 735 g/mol. The molecule has 330 valence electrons. The van der Waals surface area contributed by atoms with Gasteiger partial charge in [-0.1, -0.05) is 145 Å². The summed E-state index contributed by atoms with van der Waals surface area (Å²) in [5, 5.41) is 24.6. The van der Waals surface area contributed by atoms with E-state index >= 15 is 0 Å². The van der Waals surface area contributed by atoms with Crippen molar-refractivity contribution < 1.29 is 38.0 Å². The Balaban J connectivity index is 4.55. The fourth-order valence-corrected chi connectivity index (χ4v) is 6.67. The Morgan fingerprint density at radius 1 is 0.632 bits per heavy atom. The van der Waals surface area contributed by atoms with Gasteiger partial charge in [0.25, 0.3) is 0 Å². The Morgan fingerprint density at radius 3 is 1.61 bits per heavy atom. The van der Waals surface area contributed by atoms with Crippen molar-refractivity contribution in [2.75, 3.05) is 40.9 Å². The summed E-state index contributed by atoms with van der Waals surface area (Å²) in [6.07, 6.45) is 46.8. The molecule has 0 saturated carbocycles. The summed E-state index contributed by atoms with van der Waals surface area (Å²) in [6.45, 7) is 4.42. The van der Waals surface area contributed by atoms with Gasteiger partial charge in [0.1, 0.15) is 19.3 Å². The molecule has 0 aromatic heterocycles. The van der Waals surface area contributed by atoms with Crippen molar-refractivity contribution in [2.45, 2.75) is 180 Å². The van der Waals surface area contributed by atoms with Crippen LogP contribution in [0.25, 0.3) is 0 Å². The van der Waals surface area contributed by atoms with Gasteiger partial charge in [-0.25, -0.2) is 4.57 Å². The van der Waals surface area contributed by atoms with E-state index in [2.05, 4.69) is 92.1 Å². The number of allylic oxidation sites excluding steroid dienone is 12. The second-order valence-corrected chi connectivity index (χ2v) is 17.6. The Kier molecular flexibility index (Phi) is 36.7. The van der Waals surface area contributed by atoms with Crippen molar-refractivity contribution in [1.82, 2.24) is 5.32 Å². The maximum atomic E-state index is 12.9. The number of carbonyl (C=O) groups excluding carboxylic acids is 1. The molecule has 10 heteroatoms. The first-order valence-corrected chi connectivity index (χ1v) is 23.9. The van der Waals surface area contributed by atoms with Crippen LogP contribution < -0.4 is 5.32 Å². The number of amides is 1. The summed E-state index contributed by atoms with van der Waals surface area (Å²) in [5.41, 5.74) is 0. The molecule has 0 rings (SSSR count). The third kappa shape index (κ3) is 39.1. The first-order chi connectivity index (χ1) is 27.4. The minimum Gasteiger partial charge on any atom is -0.390 e. The predicted molar refractivity (Wildman–Crippen MR) is 241 cm³/mol. The molecule has 0 radical (unpaired) electrons. The van der Waals surface area contributed by atoms with Gasteiger partial charge in [-0.2, -0.15) is 0 Å². The minimum absolute atomic E-state index is 0.00821. The SMILES string of the molecule is CC/C=C\C/C=C\C/C=C\C/C=C\C/C=C\CCCCCCCC(=O)NC(COP(=O)(O)OCC[N+](C)(C)C)C(O)C(O)CCC/C=C/CCCCCCCCC. The molecule has 0 aromatic rings. The lowest BCUT2D eigenvalue weighted by molar-refractivity contribution is -0.870. The van der Waals surface area contributed by atoms with Crippen LogP contribution in [-0.2, 0) is 18.4 Å². The first kappa shape index (κ1) is 54.9. The Labute approximate surface area is 349 Å². The highest BCUT2D eigenvalue weighted by molar-refractivity contribution is 7.47. The number of nitrogens with zero attached hydrogens (tertiary/aromatic N) is 1. The van der Waals surface area contributed by atoms with Crippen LogP contribution in [0.4, 0.5) is 0 Å². The van der Waals surface area contributed by atoms with Gasteiger partial charge in [-0.3, -0.25) is 13.8 Å². The van der Waals surface area contributed by atoms with Crippen molar-refractivity contribution in [3.05, 3.63) is 72.9 Å². The number of quaternary nitrogens is 1. The molecular formula is C47H86N2O7P+. The highest BCUT2D eigenvalue weighted by Crippen LogP contribution is 2.43. The van der Waals surface area contributed by atoms with E-state index < -0.39 is 32.7 Å². The van der Waals surface area contributed by atoms with Crippen molar-refractivity contribution in [3.8, 4) is 0 Å². The molecule has 9 nitrogen and oxygen atoms in total. The average molecular weight is 822 g/mol. The Bertz CT molecular complexity index is 1170. The summed E-state index contributed by atoms with van der Waals surface area (Å²) < 4.78 is 23.5. The largest absolute Gasteiger partial charge is 0.472 e. The van der Waals surface area contributed by atoms with Gasteiger partial charge in [-0.15, -0.1) is 0 Å². The molecule has 0 heterocycles. The van der Waals surface area contributed by atoms with Crippen molar-refractivity contribution >= 4 is 13.7 Å². The maximum absolute atomic E-state index is 12.9. The first-order valence-electron chi connectivity index (χ1n) is 22.4. The van der Waals surface area contributed by atoms with Gasteiger partial charge < -0.3 is 24.9 Å². The lowest BCUT2D eigenvalue weighted by Gasteiger charge is -2.28. The maximum Gasteiger partial charge on any atom is 0.472 e. The number of aliphatic hydroxyl groups excluding tert-OH is 2. The molecule has 0 spiro atoms. The normalized spacial score (nSPS) is 15.6. The second kappa shape index (κ2) is 38.1. The van der Waals surface area contributed by atoms with E-state index in [0.717, 1.165) is 77.0 Å². The van der Waals surface area contributed by atoms with E-state index in [4.69, 9.17) is 9.05 Å². The average Bonchev–Trinajstić information content (AvgIpc) is 3.16. The zero-order chi connectivity index (χ0) is 42.3. The second-order valence-electron chi connectivity index (χ2n) is 16.2. The lowest BCUT2D eigenvalue weighted by atomic mass is 10.0. The third-order valence-electron chi connectivity index (χ3n) is 9.53. The number of aliphatic hydroxyl groups is 2. The van der Waals surface area contributed by atoms with E-state index in [1.54, 1.807) is 0 Å². The molecule has 0 fully saturated rings. The predicted octanol–water partition coefficient (Wildman–Crippen LogP) is 11.4. The zero-order valence-electron chi connectivity index (χ0n) is 36.9. The van der Waals surface area contributed by atoms with E-state index in [1.165, 1.54) is 44.9 Å². The van der Waals surface area contributed by atoms with E-state index in [0.29, 0.717) is 30.3 Å². The molecule has 0 saturated heterocycles. The van der Waals surface area contributed by atoms with Crippen LogP contribution in [0.15, 0.2) is 72.9 Å². The summed E-state index contributed by atoms with van der Waals surface area (Å²) >= 11 is 0. The number of hydrogen-bond donors (Lipinski definition) is 4. The molecule has 0 aliphatic heterocycles. The number of carbonyl (C=O) groups is 1. The molecule has 0 aliphatic carbocycles. The fraction of sp³-hybridized carbons (Fsp3) is 0.723. The highest BCUT2D eigenvalue weighted by Gasteiger charge is 2.31. The summed E-state index contributed by atoms with van der Waals surface area (Å²) in [6, 6.07) is -1.06. The summed E-state index contributed by atoms with van der Waals surface area (Å²) in [5.74, 6) is -0.291. The van der Waals surface area contributed by atoms with Crippen LogP contribution in [0.2, 0.25) is 0 Å². The minimum atomic E-state index is -4.43. The summed E-state index contributed by atoms with van der Waals surface area (Å²) in [7, 11) is 1.39. The van der Waals surface area contributed by atoms with Crippen molar-refractivity contribution in [2.24, 2.45) is 0 Å². The van der Waals surface area contributed by atoms with Crippen LogP contribution in [0.3, 0.4) is 0 Å². The number of hydrogen-bond acceptors (Lipinski definition) is 6. The standard InChI is InChI=1S/C47H85N2O7P/c1-6-8-10-12-14-16-18-20-21-22-23-24-25-26-27-28-30-32-34-36-38-40-46(51)48-44(43-56-57(53,54)55-42-41-49(3,4)5)47(52)45(50)39-37-35-33-31-29-19-17-15-13-11-9-7-2/h8,10,14,16,20-21,23-24,26-27,31,33,44-45,47,50,52H,6-7,9,11-13,15,17-19,22,25,28-30,32,34-43H2,1-5H3,(H-,48,51,53,54)/p+1/b10-8-,16-14-,21-20-,24-23-,27-26-,33-31+. The number of phosphoric ester groups is 1. The van der Waals surface area contributed by atoms with Crippen LogP contribution >= 0.6 is 7.82 Å². The third-order valence-corrected chi connectivity index (χ3v) is 10.5. The quantitative estimate of drug-likeness (QED) is 0.0211. The van der Waals surface area contributed by atoms with E-state index in [1.807, 2.05) is 21.1 Å². The summed E-state index contributed by atoms with van der Waals surface area (Å²) in [4.78, 5) is 23.2. The van der Waals surface area contributed by atoms with E-state index in [9.17, 15) is 24.5 Å². The molecule has 4 atom stereocenters. The van der Waals surface area contributed by atoms with Gasteiger partial charge in [0.2, 0.25) is 5.91 Å². The van der Waals surface area contributed by atoms with E-state index in [-0.39, 0.29) is 18.9 Å². The van der Waals surface area contributed by atoms with Gasteiger partial charge in [0.15, 0.2) is 0 Å². The van der Waals surface area contributed by atoms with Crippen LogP contribution in [-0.4, -0.2) is 84.6 Å². The highest BCUT2D eigenvalue weighted by atomic mass is 31.2. The molecule has 4 N–H and O–H groups in total. The zero-order valence-corrected chi connectivity index (χ0v) is 37.8. The number of unbranched alkanes of at least 4 members (excludes halogenated alkanes) is 13. The molecule has 0 aliphatic rings. The van der Waals surface area contributed by atoms with Crippen LogP contribution in [0, 0.1) is 0 Å². The van der Waals surface area contributed by atoms with Crippen molar-refractivity contribution in [1.29, 1.82) is 0 Å². The number of rotatable bonds is 39. The smallest absolute Gasteiger partial charge is 0.390 e. The van der Waals surface area contributed by atoms with Gasteiger partial charge in [0.05, 0.1) is 39.9 Å². The number of likely N-dealkylation sites (N-methyl/N-ethyl adjacent to an activating group) is 1. The van der Waals surface area contributed by atoms with Crippen LogP contribution in [0.1, 0.15) is 162 Å². The molecule has 57 heavy (non-hydrogen) atoms. The van der Waals surface area contributed by atoms with Gasteiger partial charge in [0, 0.05) is 6.42 Å². The monoisotopic (exact) mass is 822 g/mol. The van der Waals surface area contributed by atoms with Gasteiger partial charge >= 0.3 is 7.82 Å². The van der Waals surface area contributed by atoms with Gasteiger partial charge in [-0.05, 0) is 83.5 Å².